The van der Waals surface area contributed by atoms with Crippen molar-refractivity contribution in [3.63, 3.8) is 0 Å². The van der Waals surface area contributed by atoms with Gasteiger partial charge in [0.05, 0.1) is 6.33 Å². The maximum absolute atomic E-state index is 12.0. The largest absolute Gasteiger partial charge is 0.340 e. The lowest BCUT2D eigenvalue weighted by molar-refractivity contribution is 0.872. The van der Waals surface area contributed by atoms with Gasteiger partial charge in [0.2, 0.25) is 0 Å². The van der Waals surface area contributed by atoms with Crippen LogP contribution >= 0.6 is 0 Å². The average Bonchev–Trinajstić information content (AvgIpc) is 2.87. The van der Waals surface area contributed by atoms with Crippen LogP contribution in [-0.4, -0.2) is 14.5 Å². The lowest BCUT2D eigenvalue weighted by Gasteiger charge is -2.08. The van der Waals surface area contributed by atoms with Crippen molar-refractivity contribution in [1.82, 2.24) is 14.5 Å². The number of benzene rings is 1. The minimum atomic E-state index is -0.0555. The molecule has 0 saturated heterocycles. The van der Waals surface area contributed by atoms with E-state index >= 15 is 0 Å². The second-order valence-corrected chi connectivity index (χ2v) is 4.88. The third kappa shape index (κ3) is 1.76. The number of aromatic nitrogens is 3. The van der Waals surface area contributed by atoms with Crippen molar-refractivity contribution in [1.29, 1.82) is 0 Å². The van der Waals surface area contributed by atoms with E-state index in [2.05, 4.69) is 42.0 Å². The van der Waals surface area contributed by atoms with Crippen LogP contribution in [0, 0.1) is 13.8 Å². The molecular weight excluding hydrogens is 238 g/mol. The highest BCUT2D eigenvalue weighted by atomic mass is 16.1. The van der Waals surface area contributed by atoms with Crippen LogP contribution in [0.4, 0.5) is 0 Å². The Morgan fingerprint density at radius 2 is 2.00 bits per heavy atom. The summed E-state index contributed by atoms with van der Waals surface area (Å²) in [7, 11) is 1.76. The smallest absolute Gasteiger partial charge is 0.276 e. The molecule has 96 valence electrons. The Labute approximate surface area is 110 Å². The van der Waals surface area contributed by atoms with Gasteiger partial charge in [-0.1, -0.05) is 18.2 Å². The average molecular weight is 253 g/mol. The first-order valence-corrected chi connectivity index (χ1v) is 6.18. The van der Waals surface area contributed by atoms with E-state index in [1.54, 1.807) is 17.9 Å². The standard InChI is InChI=1S/C15H15N3O/c1-9-4-5-11(6-10(9)2)12-7-18(3)15(19)14-13(12)16-8-17-14/h4-8H,1-3H3,(H,16,17). The maximum Gasteiger partial charge on any atom is 0.276 e. The number of aromatic amines is 1. The van der Waals surface area contributed by atoms with Crippen LogP contribution < -0.4 is 5.56 Å². The number of nitrogens with zero attached hydrogens (tertiary/aromatic N) is 2. The van der Waals surface area contributed by atoms with E-state index in [0.29, 0.717) is 5.52 Å². The molecule has 1 N–H and O–H groups in total. The van der Waals surface area contributed by atoms with Crippen molar-refractivity contribution in [2.45, 2.75) is 13.8 Å². The molecule has 0 atom stereocenters. The number of fused-ring (bicyclic) bond motifs is 1. The molecule has 0 spiro atoms. The van der Waals surface area contributed by atoms with Crippen LogP contribution in [0.5, 0.6) is 0 Å². The minimum Gasteiger partial charge on any atom is -0.340 e. The Morgan fingerprint density at radius 3 is 2.74 bits per heavy atom. The van der Waals surface area contributed by atoms with Crippen molar-refractivity contribution in [3.8, 4) is 11.1 Å². The zero-order chi connectivity index (χ0) is 13.6. The molecule has 4 heteroatoms. The summed E-state index contributed by atoms with van der Waals surface area (Å²) in [5, 5.41) is 0. The Bertz CT molecular complexity index is 827. The van der Waals surface area contributed by atoms with E-state index in [1.165, 1.54) is 11.1 Å². The van der Waals surface area contributed by atoms with Crippen LogP contribution in [0.3, 0.4) is 0 Å². The van der Waals surface area contributed by atoms with Gasteiger partial charge in [-0.2, -0.15) is 0 Å². The summed E-state index contributed by atoms with van der Waals surface area (Å²) >= 11 is 0. The zero-order valence-corrected chi connectivity index (χ0v) is 11.2. The fourth-order valence-electron chi connectivity index (χ4n) is 2.27. The number of pyridine rings is 1. The molecule has 0 amide bonds. The SMILES string of the molecule is Cc1ccc(-c2cn(C)c(=O)c3[nH]cnc23)cc1C. The minimum absolute atomic E-state index is 0.0555. The van der Waals surface area contributed by atoms with E-state index in [1.807, 2.05) is 6.20 Å². The molecule has 0 aliphatic heterocycles. The Morgan fingerprint density at radius 1 is 1.21 bits per heavy atom. The van der Waals surface area contributed by atoms with Gasteiger partial charge in [0, 0.05) is 18.8 Å². The summed E-state index contributed by atoms with van der Waals surface area (Å²) in [6.07, 6.45) is 3.41. The normalized spacial score (nSPS) is 11.1. The van der Waals surface area contributed by atoms with Crippen LogP contribution in [0.1, 0.15) is 11.1 Å². The van der Waals surface area contributed by atoms with E-state index in [4.69, 9.17) is 0 Å². The van der Waals surface area contributed by atoms with Gasteiger partial charge in [0.15, 0.2) is 0 Å². The number of nitrogens with one attached hydrogen (secondary N) is 1. The van der Waals surface area contributed by atoms with Gasteiger partial charge in [-0.25, -0.2) is 4.98 Å². The van der Waals surface area contributed by atoms with Crippen LogP contribution in [-0.2, 0) is 7.05 Å². The molecule has 0 bridgehead atoms. The van der Waals surface area contributed by atoms with Crippen LogP contribution in [0.15, 0.2) is 35.5 Å². The predicted octanol–water partition coefficient (Wildman–Crippen LogP) is 2.55. The summed E-state index contributed by atoms with van der Waals surface area (Å²) in [5.41, 5.74) is 5.77. The monoisotopic (exact) mass is 253 g/mol. The molecule has 19 heavy (non-hydrogen) atoms. The molecule has 2 heterocycles. The highest BCUT2D eigenvalue weighted by molar-refractivity contribution is 5.90. The van der Waals surface area contributed by atoms with Gasteiger partial charge < -0.3 is 9.55 Å². The number of hydrogen-bond donors (Lipinski definition) is 1. The zero-order valence-electron chi connectivity index (χ0n) is 11.2. The third-order valence-electron chi connectivity index (χ3n) is 3.57. The second kappa shape index (κ2) is 4.09. The lowest BCUT2D eigenvalue weighted by atomic mass is 10.0. The fraction of sp³-hybridized carbons (Fsp3) is 0.200. The van der Waals surface area contributed by atoms with Gasteiger partial charge in [-0.05, 0) is 30.5 Å². The maximum atomic E-state index is 12.0. The predicted molar refractivity (Wildman–Crippen MR) is 76.2 cm³/mol. The van der Waals surface area contributed by atoms with Crippen molar-refractivity contribution in [3.05, 3.63) is 52.2 Å². The summed E-state index contributed by atoms with van der Waals surface area (Å²) in [5.74, 6) is 0. The first kappa shape index (κ1) is 11.7. The van der Waals surface area contributed by atoms with Gasteiger partial charge in [0.1, 0.15) is 11.0 Å². The van der Waals surface area contributed by atoms with Crippen molar-refractivity contribution in [2.24, 2.45) is 7.05 Å². The summed E-state index contributed by atoms with van der Waals surface area (Å²) in [6.45, 7) is 4.17. The first-order valence-electron chi connectivity index (χ1n) is 6.18. The van der Waals surface area contributed by atoms with Crippen LogP contribution in [0.25, 0.3) is 22.2 Å². The Balaban J connectivity index is 2.36. The lowest BCUT2D eigenvalue weighted by Crippen LogP contribution is -2.16. The molecule has 0 unspecified atom stereocenters. The van der Waals surface area contributed by atoms with Crippen LogP contribution in [0.2, 0.25) is 0 Å². The van der Waals surface area contributed by atoms with Gasteiger partial charge in [-0.3, -0.25) is 4.79 Å². The number of H-pyrrole nitrogens is 1. The van der Waals surface area contributed by atoms with E-state index in [-0.39, 0.29) is 5.56 Å². The molecular formula is C15H15N3O. The van der Waals surface area contributed by atoms with Crippen molar-refractivity contribution >= 4 is 11.0 Å². The first-order chi connectivity index (χ1) is 9.08. The number of aryl methyl sites for hydroxylation is 3. The quantitative estimate of drug-likeness (QED) is 0.724. The molecule has 0 fully saturated rings. The van der Waals surface area contributed by atoms with Crippen molar-refractivity contribution < 1.29 is 0 Å². The van der Waals surface area contributed by atoms with E-state index < -0.39 is 0 Å². The molecule has 0 aliphatic rings. The topological polar surface area (TPSA) is 50.7 Å². The molecule has 0 saturated carbocycles. The molecule has 3 rings (SSSR count). The summed E-state index contributed by atoms with van der Waals surface area (Å²) in [6, 6.07) is 6.29. The molecule has 3 aromatic rings. The van der Waals surface area contributed by atoms with Gasteiger partial charge in [-0.15, -0.1) is 0 Å². The summed E-state index contributed by atoms with van der Waals surface area (Å²) in [4.78, 5) is 19.2. The Hall–Kier alpha value is -2.36. The number of rotatable bonds is 1. The van der Waals surface area contributed by atoms with E-state index in [0.717, 1.165) is 16.6 Å². The molecule has 4 nitrogen and oxygen atoms in total. The number of hydrogen-bond acceptors (Lipinski definition) is 2. The second-order valence-electron chi connectivity index (χ2n) is 4.88. The number of imidazole rings is 1. The van der Waals surface area contributed by atoms with Crippen molar-refractivity contribution in [2.75, 3.05) is 0 Å². The molecule has 0 aliphatic carbocycles. The Kier molecular flexibility index (Phi) is 2.52. The van der Waals surface area contributed by atoms with Gasteiger partial charge >= 0.3 is 0 Å². The van der Waals surface area contributed by atoms with Gasteiger partial charge in [0.25, 0.3) is 5.56 Å². The molecule has 1 aromatic carbocycles. The summed E-state index contributed by atoms with van der Waals surface area (Å²) < 4.78 is 1.59. The fourth-order valence-corrected chi connectivity index (χ4v) is 2.27. The third-order valence-corrected chi connectivity index (χ3v) is 3.57. The molecule has 2 aromatic heterocycles. The van der Waals surface area contributed by atoms with E-state index in [9.17, 15) is 4.79 Å². The highest BCUT2D eigenvalue weighted by Crippen LogP contribution is 2.26. The highest BCUT2D eigenvalue weighted by Gasteiger charge is 2.11. The molecule has 0 radical (unpaired) electrons.